The van der Waals surface area contributed by atoms with Crippen molar-refractivity contribution >= 4 is 22.6 Å². The molecule has 0 bridgehead atoms. The smallest absolute Gasteiger partial charge is 0.490 e. The number of H-pyrrole nitrogens is 1. The highest BCUT2D eigenvalue weighted by molar-refractivity contribution is 5.95. The number of halogens is 3. The average Bonchev–Trinajstić information content (AvgIpc) is 3.39. The van der Waals surface area contributed by atoms with Gasteiger partial charge in [0.1, 0.15) is 24.0 Å². The molecule has 0 radical (unpaired) electrons. The summed E-state index contributed by atoms with van der Waals surface area (Å²) in [6.07, 6.45) is 0.210. The number of alkyl halides is 3. The van der Waals surface area contributed by atoms with Gasteiger partial charge in [-0.25, -0.2) is 14.8 Å². The van der Waals surface area contributed by atoms with Crippen molar-refractivity contribution in [3.63, 3.8) is 0 Å². The molecule has 3 heterocycles. The van der Waals surface area contributed by atoms with Crippen molar-refractivity contribution in [3.05, 3.63) is 79.3 Å². The summed E-state index contributed by atoms with van der Waals surface area (Å²) in [4.78, 5) is 27.9. The molecule has 0 saturated heterocycles. The molecule has 12 heteroatoms. The fraction of sp³-hybridized carbons (Fsp3) is 0.172. The number of pyridine rings is 2. The number of fused-ring (bicyclic) bond motifs is 1. The monoisotopic (exact) mass is 564 g/mol. The van der Waals surface area contributed by atoms with Crippen LogP contribution in [0.15, 0.2) is 79.3 Å². The molecule has 0 fully saturated rings. The second-order valence-corrected chi connectivity index (χ2v) is 9.16. The number of carboxylic acids is 1. The van der Waals surface area contributed by atoms with Crippen molar-refractivity contribution in [1.29, 1.82) is 0 Å². The minimum Gasteiger partial charge on any atom is -0.492 e. The van der Waals surface area contributed by atoms with E-state index in [1.165, 1.54) is 0 Å². The molecular weight excluding hydrogens is 537 g/mol. The SMILES string of the molecule is CN(C)CCOc1ccc(-c2nc(-c3ccc4c(N)nccc4c3)c(-c3ccncc3)[nH]2)cc1.O=C(O)C(F)(F)F. The van der Waals surface area contributed by atoms with Crippen molar-refractivity contribution in [2.45, 2.75) is 6.18 Å². The number of benzene rings is 2. The number of likely N-dealkylation sites (N-methyl/N-ethyl adjacent to an activating group) is 1. The van der Waals surface area contributed by atoms with Gasteiger partial charge in [-0.15, -0.1) is 0 Å². The summed E-state index contributed by atoms with van der Waals surface area (Å²) in [7, 11) is 4.06. The van der Waals surface area contributed by atoms with Crippen LogP contribution in [0.25, 0.3) is 44.7 Å². The number of anilines is 1. The molecule has 0 unspecified atom stereocenters. The van der Waals surface area contributed by atoms with Crippen molar-refractivity contribution < 1.29 is 27.8 Å². The first-order chi connectivity index (χ1) is 19.5. The number of ether oxygens (including phenoxy) is 1. The summed E-state index contributed by atoms with van der Waals surface area (Å²) in [5, 5.41) is 9.08. The summed E-state index contributed by atoms with van der Waals surface area (Å²) in [6.45, 7) is 1.51. The Labute approximate surface area is 233 Å². The highest BCUT2D eigenvalue weighted by Gasteiger charge is 2.38. The predicted molar refractivity (Wildman–Crippen MR) is 150 cm³/mol. The van der Waals surface area contributed by atoms with Gasteiger partial charge in [-0.3, -0.25) is 4.98 Å². The van der Waals surface area contributed by atoms with Gasteiger partial charge in [0.05, 0.1) is 11.4 Å². The lowest BCUT2D eigenvalue weighted by molar-refractivity contribution is -0.192. The van der Waals surface area contributed by atoms with Crippen LogP contribution in [0.5, 0.6) is 5.75 Å². The molecule has 9 nitrogen and oxygen atoms in total. The Balaban J connectivity index is 0.000000493. The van der Waals surface area contributed by atoms with Crippen LogP contribution in [0, 0.1) is 0 Å². The highest BCUT2D eigenvalue weighted by atomic mass is 19.4. The quantitative estimate of drug-likeness (QED) is 0.236. The Hall–Kier alpha value is -4.97. The van der Waals surface area contributed by atoms with Gasteiger partial charge in [-0.1, -0.05) is 12.1 Å². The van der Waals surface area contributed by atoms with Crippen LogP contribution in [0.4, 0.5) is 19.0 Å². The first-order valence-corrected chi connectivity index (χ1v) is 12.4. The van der Waals surface area contributed by atoms with Crippen LogP contribution in [-0.4, -0.2) is 69.3 Å². The fourth-order valence-electron chi connectivity index (χ4n) is 3.85. The molecule has 0 saturated carbocycles. The van der Waals surface area contributed by atoms with Gasteiger partial charge in [-0.05, 0) is 68.0 Å². The number of rotatable bonds is 7. The largest absolute Gasteiger partial charge is 0.492 e. The van der Waals surface area contributed by atoms with E-state index in [9.17, 15) is 13.2 Å². The number of aromatic amines is 1. The van der Waals surface area contributed by atoms with E-state index >= 15 is 0 Å². The summed E-state index contributed by atoms with van der Waals surface area (Å²) in [5.74, 6) is -0.607. The standard InChI is InChI=1S/C27H26N6O.C2HF3O2/c1-33(2)15-16-34-22-6-3-19(4-7-22)27-31-24(18-9-12-29-13-10-18)25(32-27)21-5-8-23-20(17-21)11-14-30-26(23)28;3-2(4,5)1(6)7/h3-14,17H,15-16H2,1-2H3,(H2,28,30)(H,31,32);(H,6,7). The van der Waals surface area contributed by atoms with Crippen LogP contribution in [0.2, 0.25) is 0 Å². The Kier molecular flexibility index (Phi) is 8.83. The summed E-state index contributed by atoms with van der Waals surface area (Å²) in [5.41, 5.74) is 10.8. The minimum absolute atomic E-state index is 0.522. The molecule has 3 aromatic heterocycles. The lowest BCUT2D eigenvalue weighted by Gasteiger charge is -2.11. The normalized spacial score (nSPS) is 11.3. The van der Waals surface area contributed by atoms with Crippen LogP contribution >= 0.6 is 0 Å². The number of hydrogen-bond donors (Lipinski definition) is 3. The third-order valence-corrected chi connectivity index (χ3v) is 5.92. The maximum absolute atomic E-state index is 10.6. The lowest BCUT2D eigenvalue weighted by Crippen LogP contribution is -2.21. The first kappa shape index (κ1) is 29.0. The molecule has 5 aromatic rings. The molecule has 0 aliphatic carbocycles. The number of carbonyl (C=O) groups is 1. The van der Waals surface area contributed by atoms with Gasteiger partial charge in [0, 0.05) is 47.2 Å². The molecule has 41 heavy (non-hydrogen) atoms. The van der Waals surface area contributed by atoms with E-state index in [0.29, 0.717) is 12.4 Å². The molecule has 2 aromatic carbocycles. The molecule has 0 spiro atoms. The number of nitrogen functional groups attached to an aromatic ring is 1. The summed E-state index contributed by atoms with van der Waals surface area (Å²) >= 11 is 0. The number of carboxylic acid groups (broad SMARTS) is 1. The number of imidazole rings is 1. The van der Waals surface area contributed by atoms with E-state index in [2.05, 4.69) is 25.9 Å². The topological polar surface area (TPSA) is 130 Å². The Morgan fingerprint density at radius 1 is 0.976 bits per heavy atom. The van der Waals surface area contributed by atoms with Crippen LogP contribution < -0.4 is 10.5 Å². The summed E-state index contributed by atoms with van der Waals surface area (Å²) < 4.78 is 37.6. The number of aliphatic carboxylic acids is 1. The minimum atomic E-state index is -5.08. The Morgan fingerprint density at radius 2 is 1.63 bits per heavy atom. The fourth-order valence-corrected chi connectivity index (χ4v) is 3.85. The zero-order valence-corrected chi connectivity index (χ0v) is 22.2. The molecule has 212 valence electrons. The van der Waals surface area contributed by atoms with Gasteiger partial charge in [-0.2, -0.15) is 13.2 Å². The van der Waals surface area contributed by atoms with Crippen LogP contribution in [-0.2, 0) is 4.79 Å². The Morgan fingerprint density at radius 3 is 2.27 bits per heavy atom. The number of aromatic nitrogens is 4. The van der Waals surface area contributed by atoms with Crippen molar-refractivity contribution in [2.24, 2.45) is 0 Å². The van der Waals surface area contributed by atoms with E-state index < -0.39 is 12.1 Å². The van der Waals surface area contributed by atoms with E-state index in [4.69, 9.17) is 25.4 Å². The average molecular weight is 565 g/mol. The second kappa shape index (κ2) is 12.5. The van der Waals surface area contributed by atoms with E-state index in [1.807, 2.05) is 68.7 Å². The second-order valence-electron chi connectivity index (χ2n) is 9.16. The van der Waals surface area contributed by atoms with E-state index in [0.717, 1.165) is 57.0 Å². The number of nitrogens with one attached hydrogen (secondary N) is 1. The third-order valence-electron chi connectivity index (χ3n) is 5.92. The maximum atomic E-state index is 10.6. The molecule has 0 amide bonds. The van der Waals surface area contributed by atoms with Gasteiger partial charge < -0.3 is 25.5 Å². The summed E-state index contributed by atoms with van der Waals surface area (Å²) in [6, 6.07) is 20.0. The molecule has 0 aliphatic rings. The predicted octanol–water partition coefficient (Wildman–Crippen LogP) is 5.51. The van der Waals surface area contributed by atoms with Gasteiger partial charge in [0.25, 0.3) is 0 Å². The highest BCUT2D eigenvalue weighted by Crippen LogP contribution is 2.35. The first-order valence-electron chi connectivity index (χ1n) is 12.4. The number of nitrogens with two attached hydrogens (primary N) is 1. The van der Waals surface area contributed by atoms with Gasteiger partial charge in [0.15, 0.2) is 0 Å². The van der Waals surface area contributed by atoms with Crippen molar-refractivity contribution in [1.82, 2.24) is 24.8 Å². The molecule has 4 N–H and O–H groups in total. The number of hydrogen-bond acceptors (Lipinski definition) is 7. The maximum Gasteiger partial charge on any atom is 0.490 e. The van der Waals surface area contributed by atoms with Crippen LogP contribution in [0.3, 0.4) is 0 Å². The zero-order valence-electron chi connectivity index (χ0n) is 22.2. The van der Waals surface area contributed by atoms with Crippen LogP contribution in [0.1, 0.15) is 0 Å². The van der Waals surface area contributed by atoms with Gasteiger partial charge >= 0.3 is 12.1 Å². The van der Waals surface area contributed by atoms with E-state index in [-0.39, 0.29) is 0 Å². The third kappa shape index (κ3) is 7.37. The van der Waals surface area contributed by atoms with Gasteiger partial charge in [0.2, 0.25) is 0 Å². The number of nitrogens with zero attached hydrogens (tertiary/aromatic N) is 4. The molecule has 0 aliphatic heterocycles. The Bertz CT molecular complexity index is 1620. The molecule has 0 atom stereocenters. The lowest BCUT2D eigenvalue weighted by atomic mass is 10.0. The van der Waals surface area contributed by atoms with Crippen molar-refractivity contribution in [2.75, 3.05) is 33.0 Å². The zero-order chi connectivity index (χ0) is 29.6. The molecule has 5 rings (SSSR count). The van der Waals surface area contributed by atoms with E-state index in [1.54, 1.807) is 18.6 Å². The molecular formula is C29H27F3N6O3. The van der Waals surface area contributed by atoms with Crippen molar-refractivity contribution in [3.8, 4) is 39.7 Å².